The maximum absolute atomic E-state index is 12.8. The molecule has 0 fully saturated rings. The normalized spacial score (nSPS) is 14.1. The van der Waals surface area contributed by atoms with Gasteiger partial charge in [0.25, 0.3) is 0 Å². The van der Waals surface area contributed by atoms with E-state index >= 15 is 0 Å². The second-order valence-corrected chi connectivity index (χ2v) is 5.38. The Bertz CT molecular complexity index is 851. The first-order valence-electron chi connectivity index (χ1n) is 6.89. The van der Waals surface area contributed by atoms with E-state index in [0.29, 0.717) is 23.9 Å². The summed E-state index contributed by atoms with van der Waals surface area (Å²) in [4.78, 5) is 0. The average molecular weight is 373 g/mol. The monoisotopic (exact) mass is 372 g/mol. The van der Waals surface area contributed by atoms with Crippen molar-refractivity contribution in [1.29, 1.82) is 5.26 Å². The van der Waals surface area contributed by atoms with Gasteiger partial charge in [0.1, 0.15) is 28.2 Å². The van der Waals surface area contributed by atoms with Crippen molar-refractivity contribution in [3.05, 3.63) is 33.3 Å². The van der Waals surface area contributed by atoms with E-state index < -0.39 is 28.0 Å². The Balaban J connectivity index is 2.66. The number of anilines is 1. The van der Waals surface area contributed by atoms with Gasteiger partial charge in [-0.1, -0.05) is 23.2 Å². The Morgan fingerprint density at radius 1 is 1.41 bits per heavy atom. The molecule has 0 saturated heterocycles. The lowest BCUT2D eigenvalue weighted by Gasteiger charge is -2.13. The molecule has 2 N–H and O–H groups in total. The van der Waals surface area contributed by atoms with Crippen molar-refractivity contribution in [2.45, 2.75) is 11.2 Å². The first kappa shape index (κ1) is 12.9. The number of aromatic nitrogens is 2. The number of halogens is 5. The van der Waals surface area contributed by atoms with Crippen LogP contribution in [0.3, 0.4) is 0 Å². The van der Waals surface area contributed by atoms with Gasteiger partial charge in [-0.3, -0.25) is 0 Å². The molecule has 2 rings (SSSR count). The van der Waals surface area contributed by atoms with E-state index in [1.54, 1.807) is 6.07 Å². The Morgan fingerprint density at radius 2 is 2.00 bits per heavy atom. The van der Waals surface area contributed by atoms with E-state index in [0.717, 1.165) is 4.68 Å². The fraction of sp³-hybridized carbons (Fsp3) is 0.167. The van der Waals surface area contributed by atoms with Crippen LogP contribution in [0.15, 0.2) is 17.2 Å². The predicted molar refractivity (Wildman–Crippen MR) is 79.5 cm³/mol. The molecule has 0 saturated carbocycles. The molecular formula is C12H7Cl2F3N4S. The first-order chi connectivity index (χ1) is 11.3. The van der Waals surface area contributed by atoms with E-state index in [1.165, 1.54) is 0 Å². The molecule has 0 bridgehead atoms. The summed E-state index contributed by atoms with van der Waals surface area (Å²) in [6.45, 7) is 0. The molecule has 1 aromatic carbocycles. The van der Waals surface area contributed by atoms with Crippen LogP contribution in [0, 0.1) is 11.3 Å². The van der Waals surface area contributed by atoms with Crippen molar-refractivity contribution < 1.29 is 17.3 Å². The van der Waals surface area contributed by atoms with Crippen LogP contribution in [0.2, 0.25) is 10.0 Å². The number of nitriles is 1. The van der Waals surface area contributed by atoms with E-state index in [-0.39, 0.29) is 22.1 Å². The third-order valence-corrected chi connectivity index (χ3v) is 3.71. The number of thioether (sulfide) groups is 1. The number of rotatable bonds is 2. The number of nitrogen functional groups attached to an aromatic ring is 1. The number of nitrogens with zero attached hydrogens (tertiary/aromatic N) is 3. The molecule has 0 aliphatic heterocycles. The second kappa shape index (κ2) is 5.91. The molecule has 0 spiro atoms. The molecule has 116 valence electrons. The van der Waals surface area contributed by atoms with Crippen molar-refractivity contribution in [2.75, 3.05) is 11.9 Å². The van der Waals surface area contributed by atoms with Gasteiger partial charge in [0.2, 0.25) is 0 Å². The molecule has 0 aliphatic rings. The van der Waals surface area contributed by atoms with Gasteiger partial charge in [-0.25, -0.2) is 4.68 Å². The molecule has 1 aromatic heterocycles. The highest BCUT2D eigenvalue weighted by Crippen LogP contribution is 2.39. The molecule has 0 atom stereocenters. The van der Waals surface area contributed by atoms with Gasteiger partial charge in [-0.2, -0.15) is 23.5 Å². The van der Waals surface area contributed by atoms with Crippen LogP contribution >= 0.6 is 35.0 Å². The summed E-state index contributed by atoms with van der Waals surface area (Å²) in [5, 5.41) is 12.0. The smallest absolute Gasteiger partial charge is 0.382 e. The Morgan fingerprint density at radius 3 is 2.45 bits per heavy atom. The molecule has 0 amide bonds. The van der Waals surface area contributed by atoms with Crippen LogP contribution in [-0.4, -0.2) is 16.0 Å². The Hall–Kier alpha value is -1.56. The highest BCUT2D eigenvalue weighted by molar-refractivity contribution is 7.98. The average Bonchev–Trinajstić information content (AvgIpc) is 2.71. The second-order valence-electron chi connectivity index (χ2n) is 3.98. The largest absolute Gasteiger partial charge is 0.416 e. The van der Waals surface area contributed by atoms with E-state index in [2.05, 4.69) is 5.10 Å². The fourth-order valence-electron chi connectivity index (χ4n) is 1.69. The number of benzene rings is 1. The number of hydrogen-bond donors (Lipinski definition) is 1. The molecule has 10 heteroatoms. The lowest BCUT2D eigenvalue weighted by atomic mass is 10.2. The predicted octanol–water partition coefficient (Wildman–Crippen LogP) is 4.37. The van der Waals surface area contributed by atoms with E-state index in [9.17, 15) is 13.2 Å². The van der Waals surface area contributed by atoms with Crippen LogP contribution < -0.4 is 5.73 Å². The fourth-order valence-corrected chi connectivity index (χ4v) is 2.71. The summed E-state index contributed by atoms with van der Waals surface area (Å²) in [6, 6.07) is 2.97. The summed E-state index contributed by atoms with van der Waals surface area (Å²) in [6.07, 6.45) is -7.17. The van der Waals surface area contributed by atoms with Crippen molar-refractivity contribution in [3.63, 3.8) is 0 Å². The van der Waals surface area contributed by atoms with Crippen LogP contribution in [0.5, 0.6) is 0 Å². The summed E-state index contributed by atoms with van der Waals surface area (Å²) in [5.74, 6) is -0.294. The molecule has 2 aromatic rings. The van der Waals surface area contributed by atoms with E-state index in [4.69, 9.17) is 38.3 Å². The number of hydrogen-bond acceptors (Lipinski definition) is 4. The van der Waals surface area contributed by atoms with E-state index in [1.807, 2.05) is 0 Å². The first-order valence-corrected chi connectivity index (χ1v) is 6.96. The van der Waals surface area contributed by atoms with Gasteiger partial charge in [-0.05, 0) is 18.3 Å². The number of nitrogens with two attached hydrogens (primary N) is 1. The lowest BCUT2D eigenvalue weighted by molar-refractivity contribution is -0.137. The van der Waals surface area contributed by atoms with Gasteiger partial charge >= 0.3 is 6.18 Å². The summed E-state index contributed by atoms with van der Waals surface area (Å²) >= 11 is 12.1. The van der Waals surface area contributed by atoms with Crippen LogP contribution in [0.4, 0.5) is 19.0 Å². The van der Waals surface area contributed by atoms with Crippen molar-refractivity contribution in [1.82, 2.24) is 9.78 Å². The van der Waals surface area contributed by atoms with Gasteiger partial charge in [0, 0.05) is 4.11 Å². The minimum Gasteiger partial charge on any atom is -0.382 e. The summed E-state index contributed by atoms with van der Waals surface area (Å²) in [5.41, 5.74) is 4.26. The lowest BCUT2D eigenvalue weighted by Crippen LogP contribution is -2.08. The molecule has 0 unspecified atom stereocenters. The van der Waals surface area contributed by atoms with Crippen LogP contribution in [0.25, 0.3) is 5.69 Å². The van der Waals surface area contributed by atoms with Crippen molar-refractivity contribution >= 4 is 40.8 Å². The van der Waals surface area contributed by atoms with Crippen molar-refractivity contribution in [3.8, 4) is 11.8 Å². The molecular weight excluding hydrogens is 360 g/mol. The highest BCUT2D eigenvalue weighted by atomic mass is 35.5. The standard InChI is InChI=1S/C12H7Cl2F3N4S/c1-22-11-6(4-18)10(19)21(20-11)9-7(13)2-5(3-8(9)14)12(15,16)17/h2-3H,19H2,1H3/i1T3. The molecule has 4 nitrogen and oxygen atoms in total. The summed E-state index contributed by atoms with van der Waals surface area (Å²) < 4.78 is 60.9. The SMILES string of the molecule is [3H]C([3H])([3H])Sc1nn(-c2c(Cl)cc(C(F)(F)F)cc2Cl)c(N)c1C#N. The minimum atomic E-state index is -4.67. The zero-order valence-corrected chi connectivity index (χ0v) is 12.7. The van der Waals surface area contributed by atoms with Crippen molar-refractivity contribution in [2.24, 2.45) is 0 Å². The zero-order valence-electron chi connectivity index (χ0n) is 13.4. The maximum Gasteiger partial charge on any atom is 0.416 e. The quantitative estimate of drug-likeness (QED) is 0.794. The van der Waals surface area contributed by atoms with Gasteiger partial charge in [0.05, 0.1) is 15.6 Å². The summed E-state index contributed by atoms with van der Waals surface area (Å²) in [7, 11) is 0. The minimum absolute atomic E-state index is 0.192. The molecule has 22 heavy (non-hydrogen) atoms. The third-order valence-electron chi connectivity index (χ3n) is 2.65. The third kappa shape index (κ3) is 2.84. The molecule has 1 heterocycles. The van der Waals surface area contributed by atoms with Gasteiger partial charge < -0.3 is 5.73 Å². The topological polar surface area (TPSA) is 67.6 Å². The maximum atomic E-state index is 12.8. The number of alkyl halides is 3. The zero-order chi connectivity index (χ0) is 19.2. The Kier molecular flexibility index (Phi) is 3.47. The Labute approximate surface area is 141 Å². The van der Waals surface area contributed by atoms with Crippen LogP contribution in [0.1, 0.15) is 15.2 Å². The van der Waals surface area contributed by atoms with Gasteiger partial charge in [-0.15, -0.1) is 11.8 Å². The molecule has 0 radical (unpaired) electrons. The highest BCUT2D eigenvalue weighted by Gasteiger charge is 2.32. The molecule has 0 aliphatic carbocycles. The van der Waals surface area contributed by atoms with Crippen LogP contribution in [-0.2, 0) is 6.18 Å². The van der Waals surface area contributed by atoms with Gasteiger partial charge in [0.15, 0.2) is 0 Å².